The maximum Gasteiger partial charge on any atom is 0.254 e. The summed E-state index contributed by atoms with van der Waals surface area (Å²) in [5, 5.41) is 16.2. The van der Waals surface area contributed by atoms with Crippen LogP contribution in [-0.2, 0) is 0 Å². The second kappa shape index (κ2) is 8.44. The molecule has 4 rings (SSSR count). The number of nitrogens with zero attached hydrogens (tertiary/aromatic N) is 5. The van der Waals surface area contributed by atoms with Crippen molar-refractivity contribution in [2.75, 3.05) is 37.2 Å². The van der Waals surface area contributed by atoms with Gasteiger partial charge in [-0.3, -0.25) is 4.79 Å². The zero-order valence-corrected chi connectivity index (χ0v) is 17.2. The van der Waals surface area contributed by atoms with Crippen LogP contribution in [0, 0.1) is 18.3 Å². The van der Waals surface area contributed by atoms with Gasteiger partial charge in [0.1, 0.15) is 11.8 Å². The summed E-state index contributed by atoms with van der Waals surface area (Å²) in [4.78, 5) is 28.3. The minimum atomic E-state index is -0.00246. The highest BCUT2D eigenvalue weighted by Gasteiger charge is 2.19. The number of carbonyl (C=O) groups is 1. The molecule has 0 aliphatic carbocycles. The number of carbonyl (C=O) groups excluding carboxylic acids is 1. The number of aromatic nitrogens is 3. The summed E-state index contributed by atoms with van der Waals surface area (Å²) in [6.45, 7) is 4.80. The predicted molar refractivity (Wildman–Crippen MR) is 116 cm³/mol. The van der Waals surface area contributed by atoms with Crippen LogP contribution in [0.2, 0.25) is 0 Å². The van der Waals surface area contributed by atoms with Gasteiger partial charge in [-0.1, -0.05) is 17.4 Å². The maximum absolute atomic E-state index is 12.8. The molecule has 1 saturated heterocycles. The molecule has 1 aromatic carbocycles. The van der Waals surface area contributed by atoms with Crippen LogP contribution >= 0.6 is 11.3 Å². The zero-order valence-electron chi connectivity index (χ0n) is 16.3. The van der Waals surface area contributed by atoms with E-state index in [0.717, 1.165) is 18.0 Å². The number of nitrogens with one attached hydrogen (secondary N) is 2. The fourth-order valence-corrected chi connectivity index (χ4v) is 4.08. The monoisotopic (exact) mass is 420 g/mol. The van der Waals surface area contributed by atoms with E-state index in [2.05, 4.69) is 31.7 Å². The fourth-order valence-electron chi connectivity index (χ4n) is 3.24. The molecule has 30 heavy (non-hydrogen) atoms. The van der Waals surface area contributed by atoms with Crippen LogP contribution in [0.5, 0.6) is 0 Å². The number of benzene rings is 1. The number of nitrogen functional groups attached to an aromatic ring is 1. The Morgan fingerprint density at radius 1 is 1.33 bits per heavy atom. The van der Waals surface area contributed by atoms with Gasteiger partial charge in [-0.05, 0) is 25.1 Å². The van der Waals surface area contributed by atoms with Crippen molar-refractivity contribution in [2.45, 2.75) is 6.92 Å². The van der Waals surface area contributed by atoms with Crippen LogP contribution in [0.25, 0.3) is 10.6 Å². The Hall–Kier alpha value is -3.55. The van der Waals surface area contributed by atoms with Gasteiger partial charge in [-0.2, -0.15) is 5.26 Å². The number of piperazine rings is 1. The van der Waals surface area contributed by atoms with E-state index in [1.165, 1.54) is 17.5 Å². The van der Waals surface area contributed by atoms with Crippen LogP contribution in [-0.4, -0.2) is 51.9 Å². The first-order valence-corrected chi connectivity index (χ1v) is 10.2. The number of amides is 1. The topological polar surface area (TPSA) is 133 Å². The second-order valence-corrected chi connectivity index (χ2v) is 7.81. The van der Waals surface area contributed by atoms with E-state index in [1.54, 1.807) is 12.1 Å². The van der Waals surface area contributed by atoms with E-state index < -0.39 is 0 Å². The highest BCUT2D eigenvalue weighted by atomic mass is 32.1. The number of rotatable bonds is 4. The molecule has 3 heterocycles. The predicted octanol–water partition coefficient (Wildman–Crippen LogP) is 2.15. The van der Waals surface area contributed by atoms with Crippen LogP contribution in [0.3, 0.4) is 0 Å². The summed E-state index contributed by atoms with van der Waals surface area (Å²) >= 11 is 1.28. The lowest BCUT2D eigenvalue weighted by Crippen LogP contribution is -2.46. The molecule has 0 atom stereocenters. The molecule has 0 radical (unpaired) electrons. The molecule has 0 spiro atoms. The molecule has 0 saturated carbocycles. The minimum Gasteiger partial charge on any atom is -0.375 e. The Morgan fingerprint density at radius 3 is 2.83 bits per heavy atom. The molecule has 1 amide bonds. The normalized spacial score (nSPS) is 13.7. The Balaban J connectivity index is 1.60. The van der Waals surface area contributed by atoms with Crippen molar-refractivity contribution in [1.29, 1.82) is 5.26 Å². The van der Waals surface area contributed by atoms with Gasteiger partial charge in [0.05, 0.1) is 22.3 Å². The lowest BCUT2D eigenvalue weighted by molar-refractivity contribution is 0.0736. The van der Waals surface area contributed by atoms with E-state index in [-0.39, 0.29) is 5.91 Å². The highest BCUT2D eigenvalue weighted by Crippen LogP contribution is 2.32. The number of nitrogens with two attached hydrogens (primary N) is 1. The number of thiazole rings is 1. The highest BCUT2D eigenvalue weighted by molar-refractivity contribution is 7.18. The average Bonchev–Trinajstić information content (AvgIpc) is 3.11. The lowest BCUT2D eigenvalue weighted by Gasteiger charge is -2.27. The van der Waals surface area contributed by atoms with Crippen molar-refractivity contribution < 1.29 is 4.79 Å². The molecule has 1 aliphatic rings. The van der Waals surface area contributed by atoms with Crippen molar-refractivity contribution in [3.8, 4) is 16.6 Å². The van der Waals surface area contributed by atoms with Crippen molar-refractivity contribution in [2.24, 2.45) is 0 Å². The van der Waals surface area contributed by atoms with Crippen molar-refractivity contribution in [1.82, 2.24) is 25.2 Å². The van der Waals surface area contributed by atoms with Gasteiger partial charge in [-0.25, -0.2) is 15.0 Å². The molecule has 4 N–H and O–H groups in total. The minimum absolute atomic E-state index is 0.00246. The third kappa shape index (κ3) is 4.07. The number of nitriles is 1. The summed E-state index contributed by atoms with van der Waals surface area (Å²) in [7, 11) is 0. The number of aryl methyl sites for hydroxylation is 1. The Bertz CT molecular complexity index is 1130. The molecular formula is C20H20N8OS. The smallest absolute Gasteiger partial charge is 0.254 e. The summed E-state index contributed by atoms with van der Waals surface area (Å²) in [6, 6.07) is 9.34. The molecule has 2 aromatic heterocycles. The number of hydrogen-bond acceptors (Lipinski definition) is 9. The molecule has 1 fully saturated rings. The molecule has 152 valence electrons. The summed E-state index contributed by atoms with van der Waals surface area (Å²) in [6.07, 6.45) is 1.47. The van der Waals surface area contributed by atoms with E-state index in [4.69, 9.17) is 5.73 Å². The van der Waals surface area contributed by atoms with Gasteiger partial charge >= 0.3 is 0 Å². The quantitative estimate of drug-likeness (QED) is 0.585. The van der Waals surface area contributed by atoms with Crippen molar-refractivity contribution in [3.05, 3.63) is 47.3 Å². The zero-order chi connectivity index (χ0) is 21.1. The first-order valence-electron chi connectivity index (χ1n) is 9.42. The van der Waals surface area contributed by atoms with Crippen molar-refractivity contribution >= 4 is 34.0 Å². The second-order valence-electron chi connectivity index (χ2n) is 6.78. The third-order valence-corrected chi connectivity index (χ3v) is 5.70. The molecule has 1 aliphatic heterocycles. The molecule has 3 aromatic rings. The van der Waals surface area contributed by atoms with Gasteiger partial charge < -0.3 is 21.3 Å². The molecule has 0 unspecified atom stereocenters. The molecule has 0 bridgehead atoms. The van der Waals surface area contributed by atoms with E-state index in [1.807, 2.05) is 24.0 Å². The van der Waals surface area contributed by atoms with Gasteiger partial charge in [0.2, 0.25) is 5.95 Å². The molecule has 10 heteroatoms. The van der Waals surface area contributed by atoms with Crippen LogP contribution < -0.4 is 16.4 Å². The summed E-state index contributed by atoms with van der Waals surface area (Å²) in [5.74, 6) is 0.319. The van der Waals surface area contributed by atoms with Gasteiger partial charge in [0, 0.05) is 37.4 Å². The van der Waals surface area contributed by atoms with Crippen molar-refractivity contribution in [3.63, 3.8) is 0 Å². The Morgan fingerprint density at radius 2 is 2.13 bits per heavy atom. The largest absolute Gasteiger partial charge is 0.375 e. The van der Waals surface area contributed by atoms with Crippen LogP contribution in [0.1, 0.15) is 21.6 Å². The molecule has 9 nitrogen and oxygen atoms in total. The van der Waals surface area contributed by atoms with E-state index in [9.17, 15) is 10.1 Å². The standard InChI is InChI=1S/C20H20N8OS/c1-12-17(30-19(22)25-12)16-14(10-21)11-24-20(27-16)26-15-4-2-3-13(9-15)18(29)28-7-5-23-6-8-28/h2-4,9,11,23H,5-8H2,1H3,(H2,22,25)(H,24,26,27). The number of hydrogen-bond donors (Lipinski definition) is 3. The van der Waals surface area contributed by atoms with Gasteiger partial charge in [0.25, 0.3) is 5.91 Å². The summed E-state index contributed by atoms with van der Waals surface area (Å²) in [5.41, 5.74) is 8.62. The van der Waals surface area contributed by atoms with E-state index in [0.29, 0.717) is 52.4 Å². The van der Waals surface area contributed by atoms with E-state index >= 15 is 0 Å². The summed E-state index contributed by atoms with van der Waals surface area (Å²) < 4.78 is 0. The lowest BCUT2D eigenvalue weighted by atomic mass is 10.1. The van der Waals surface area contributed by atoms with Crippen LogP contribution in [0.4, 0.5) is 16.8 Å². The molecular weight excluding hydrogens is 400 g/mol. The third-order valence-electron chi connectivity index (χ3n) is 4.71. The fraction of sp³-hybridized carbons (Fsp3) is 0.250. The van der Waals surface area contributed by atoms with Crippen LogP contribution in [0.15, 0.2) is 30.5 Å². The SMILES string of the molecule is Cc1nc(N)sc1-c1nc(Nc2cccc(C(=O)N3CCNCC3)c2)ncc1C#N. The number of anilines is 3. The average molecular weight is 421 g/mol. The first kappa shape index (κ1) is 19.8. The maximum atomic E-state index is 12.8. The Kier molecular flexibility index (Phi) is 5.56. The van der Waals surface area contributed by atoms with Gasteiger partial charge in [0.15, 0.2) is 5.13 Å². The first-order chi connectivity index (χ1) is 14.5. The van der Waals surface area contributed by atoms with Gasteiger partial charge in [-0.15, -0.1) is 0 Å². The Labute approximate surface area is 177 Å².